The second kappa shape index (κ2) is 6.50. The Hall–Kier alpha value is -2.86. The van der Waals surface area contributed by atoms with Crippen molar-refractivity contribution < 1.29 is 5.21 Å². The molecule has 3 aromatic rings. The molecule has 1 aromatic heterocycles. The number of hydrogen-bond acceptors (Lipinski definition) is 5. The van der Waals surface area contributed by atoms with Crippen LogP contribution >= 0.6 is 0 Å². The summed E-state index contributed by atoms with van der Waals surface area (Å²) in [6.07, 6.45) is 1.50. The van der Waals surface area contributed by atoms with E-state index >= 15 is 0 Å². The number of nitrogens with zero attached hydrogens (tertiary/aromatic N) is 2. The molecule has 3 N–H and O–H groups in total. The molecule has 1 heterocycles. The summed E-state index contributed by atoms with van der Waals surface area (Å²) in [6, 6.07) is 15.2. The Kier molecular flexibility index (Phi) is 4.25. The molecule has 0 aliphatic rings. The van der Waals surface area contributed by atoms with Gasteiger partial charge in [-0.1, -0.05) is 41.9 Å². The van der Waals surface area contributed by atoms with Gasteiger partial charge in [-0.25, -0.2) is 9.97 Å². The molecule has 0 fully saturated rings. The molecule has 0 atom stereocenters. The van der Waals surface area contributed by atoms with Crippen molar-refractivity contribution in [3.05, 3.63) is 60.4 Å². The first-order valence-electron chi connectivity index (χ1n) is 7.12. The monoisotopic (exact) mass is 302 g/mol. The van der Waals surface area contributed by atoms with Crippen molar-refractivity contribution in [3.63, 3.8) is 0 Å². The second-order valence-electron chi connectivity index (χ2n) is 5.15. The summed E-state index contributed by atoms with van der Waals surface area (Å²) >= 11 is 0. The predicted molar refractivity (Wildman–Crippen MR) is 92.7 cm³/mol. The summed E-state index contributed by atoms with van der Waals surface area (Å²) in [5.74, 6) is 0.623. The van der Waals surface area contributed by atoms with Gasteiger partial charge in [-0.05, 0) is 18.6 Å². The molecule has 0 aliphatic carbocycles. The van der Waals surface area contributed by atoms with Crippen molar-refractivity contribution in [3.8, 4) is 11.3 Å². The minimum Gasteiger partial charge on any atom is -0.341 e. The fourth-order valence-electron chi connectivity index (χ4n) is 2.29. The van der Waals surface area contributed by atoms with E-state index in [0.29, 0.717) is 22.7 Å². The van der Waals surface area contributed by atoms with E-state index in [-0.39, 0.29) is 0 Å². The van der Waals surface area contributed by atoms with Gasteiger partial charge in [0.15, 0.2) is 0 Å². The van der Waals surface area contributed by atoms with Crippen molar-refractivity contribution in [2.45, 2.75) is 6.92 Å². The molecule has 3 rings (SSSR count). The predicted octanol–water partition coefficient (Wildman–Crippen LogP) is 2.79. The van der Waals surface area contributed by atoms with Crippen LogP contribution in [0, 0.1) is 6.92 Å². The van der Waals surface area contributed by atoms with Crippen molar-refractivity contribution in [1.29, 1.82) is 0 Å². The van der Waals surface area contributed by atoms with Crippen LogP contribution < -0.4 is 16.3 Å². The zero-order valence-electron chi connectivity index (χ0n) is 12.6. The maximum atomic E-state index is 9.15. The summed E-state index contributed by atoms with van der Waals surface area (Å²) < 4.78 is 0. The van der Waals surface area contributed by atoms with E-state index in [0.717, 1.165) is 16.8 Å². The molecule has 5 nitrogen and oxygen atoms in total. The van der Waals surface area contributed by atoms with E-state index in [1.165, 1.54) is 6.33 Å². The Morgan fingerprint density at radius 3 is 2.52 bits per heavy atom. The molecule has 0 spiro atoms. The van der Waals surface area contributed by atoms with Gasteiger partial charge in [0.2, 0.25) is 0 Å². The topological polar surface area (TPSA) is 70.1 Å². The number of rotatable bonds is 4. The lowest BCUT2D eigenvalue weighted by Gasteiger charge is -2.13. The molecule has 0 aliphatic heterocycles. The Morgan fingerprint density at radius 2 is 1.78 bits per heavy atom. The summed E-state index contributed by atoms with van der Waals surface area (Å²) in [5, 5.41) is 12.3. The van der Waals surface area contributed by atoms with Crippen molar-refractivity contribution in [1.82, 2.24) is 9.97 Å². The summed E-state index contributed by atoms with van der Waals surface area (Å²) in [7, 11) is 6.03. The van der Waals surface area contributed by atoms with Gasteiger partial charge in [0.1, 0.15) is 20.0 Å². The number of benzene rings is 2. The molecule has 0 saturated carbocycles. The van der Waals surface area contributed by atoms with Gasteiger partial charge in [-0.15, -0.1) is 0 Å². The average Bonchev–Trinajstić information content (AvgIpc) is 2.58. The lowest BCUT2D eigenvalue weighted by atomic mass is 9.91. The highest BCUT2D eigenvalue weighted by Crippen LogP contribution is 2.22. The second-order valence-corrected chi connectivity index (χ2v) is 5.15. The summed E-state index contributed by atoms with van der Waals surface area (Å²) in [6.45, 7) is 1.86. The minimum atomic E-state index is 0.571. The third-order valence-electron chi connectivity index (χ3n) is 3.52. The quantitative estimate of drug-likeness (QED) is 0.511. The number of aryl methyl sites for hydroxylation is 1. The van der Waals surface area contributed by atoms with Crippen molar-refractivity contribution in [2.24, 2.45) is 0 Å². The molecule has 112 valence electrons. The maximum Gasteiger partial charge on any atom is 0.134 e. The molecule has 0 unspecified atom stereocenters. The van der Waals surface area contributed by atoms with Gasteiger partial charge >= 0.3 is 0 Å². The van der Waals surface area contributed by atoms with Gasteiger partial charge in [-0.2, -0.15) is 0 Å². The summed E-state index contributed by atoms with van der Waals surface area (Å²) in [5.41, 5.74) is 6.64. The molecule has 2 radical (unpaired) electrons. The van der Waals surface area contributed by atoms with Crippen LogP contribution in [0.2, 0.25) is 0 Å². The SMILES string of the molecule is [B]c1cc(C)c(NO)cc1Nc1cc(-c2ccccc2)ncn1. The van der Waals surface area contributed by atoms with E-state index in [1.54, 1.807) is 12.1 Å². The minimum absolute atomic E-state index is 0.571. The largest absolute Gasteiger partial charge is 0.341 e. The number of anilines is 3. The van der Waals surface area contributed by atoms with Crippen LogP contribution in [0.1, 0.15) is 5.56 Å². The van der Waals surface area contributed by atoms with Crippen LogP contribution in [-0.2, 0) is 0 Å². The zero-order chi connectivity index (χ0) is 16.2. The first-order chi connectivity index (χ1) is 11.2. The number of nitrogens with one attached hydrogen (secondary N) is 2. The number of hydrogen-bond donors (Lipinski definition) is 3. The standard InChI is InChI=1S/C17H15BN4O/c1-11-7-13(18)16(8-14(11)22-23)21-17-9-15(19-10-20-17)12-5-3-2-4-6-12/h2-10,22-23H,1H3,(H,19,20,21). The fraction of sp³-hybridized carbons (Fsp3) is 0.0588. The highest BCUT2D eigenvalue weighted by atomic mass is 16.5. The van der Waals surface area contributed by atoms with Crippen molar-refractivity contribution >= 4 is 30.5 Å². The van der Waals surface area contributed by atoms with E-state index in [1.807, 2.05) is 43.3 Å². The van der Waals surface area contributed by atoms with Crippen LogP contribution in [-0.4, -0.2) is 23.0 Å². The van der Waals surface area contributed by atoms with Gasteiger partial charge in [0.25, 0.3) is 0 Å². The lowest BCUT2D eigenvalue weighted by Crippen LogP contribution is -2.12. The third kappa shape index (κ3) is 3.32. The Balaban J connectivity index is 1.92. The molecule has 2 aromatic carbocycles. The Bertz CT molecular complexity index is 824. The smallest absolute Gasteiger partial charge is 0.134 e. The third-order valence-corrected chi connectivity index (χ3v) is 3.52. The molecule has 0 saturated heterocycles. The normalized spacial score (nSPS) is 10.3. The van der Waals surface area contributed by atoms with Gasteiger partial charge in [0.05, 0.1) is 11.4 Å². The van der Waals surface area contributed by atoms with Crippen molar-refractivity contribution in [2.75, 3.05) is 10.8 Å². The van der Waals surface area contributed by atoms with Gasteiger partial charge in [-0.3, -0.25) is 10.7 Å². The van der Waals surface area contributed by atoms with E-state index in [9.17, 15) is 0 Å². The van der Waals surface area contributed by atoms with Crippen LogP contribution in [0.4, 0.5) is 17.2 Å². The van der Waals surface area contributed by atoms with Crippen LogP contribution in [0.5, 0.6) is 0 Å². The first kappa shape index (κ1) is 15.1. The van der Waals surface area contributed by atoms with Gasteiger partial charge in [0, 0.05) is 17.3 Å². The highest BCUT2D eigenvalue weighted by Gasteiger charge is 2.06. The summed E-state index contributed by atoms with van der Waals surface area (Å²) in [4.78, 5) is 8.51. The highest BCUT2D eigenvalue weighted by molar-refractivity contribution is 6.36. The molecule has 0 bridgehead atoms. The Morgan fingerprint density at radius 1 is 1.00 bits per heavy atom. The van der Waals surface area contributed by atoms with E-state index < -0.39 is 0 Å². The first-order valence-corrected chi connectivity index (χ1v) is 7.12. The lowest BCUT2D eigenvalue weighted by molar-refractivity contribution is 0.388. The van der Waals surface area contributed by atoms with E-state index in [4.69, 9.17) is 13.1 Å². The Labute approximate surface area is 135 Å². The van der Waals surface area contributed by atoms with Crippen LogP contribution in [0.25, 0.3) is 11.3 Å². The van der Waals surface area contributed by atoms with Gasteiger partial charge < -0.3 is 5.32 Å². The maximum absolute atomic E-state index is 9.15. The molecular formula is C17H15BN4O. The van der Waals surface area contributed by atoms with Crippen LogP contribution in [0.3, 0.4) is 0 Å². The van der Waals surface area contributed by atoms with Crippen LogP contribution in [0.15, 0.2) is 54.9 Å². The molecular weight excluding hydrogens is 287 g/mol. The zero-order valence-corrected chi connectivity index (χ0v) is 12.6. The average molecular weight is 302 g/mol. The number of aromatic nitrogens is 2. The molecule has 0 amide bonds. The molecule has 23 heavy (non-hydrogen) atoms. The van der Waals surface area contributed by atoms with E-state index in [2.05, 4.69) is 20.8 Å². The molecule has 6 heteroatoms. The fourth-order valence-corrected chi connectivity index (χ4v) is 2.29.